The molecule has 0 saturated heterocycles. The van der Waals surface area contributed by atoms with Gasteiger partial charge in [0.25, 0.3) is 5.89 Å². The van der Waals surface area contributed by atoms with E-state index in [9.17, 15) is 9.18 Å². The second-order valence-corrected chi connectivity index (χ2v) is 5.58. The lowest BCUT2D eigenvalue weighted by molar-refractivity contribution is 0.412. The third-order valence-corrected chi connectivity index (χ3v) is 3.79. The maximum Gasteiger partial charge on any atom is 0.437 e. The van der Waals surface area contributed by atoms with Gasteiger partial charge < -0.3 is 13.7 Å². The average Bonchev–Trinajstić information content (AvgIpc) is 3.30. The first-order chi connectivity index (χ1) is 13.1. The van der Waals surface area contributed by atoms with E-state index in [2.05, 4.69) is 15.2 Å². The van der Waals surface area contributed by atoms with Gasteiger partial charge in [-0.15, -0.1) is 5.10 Å². The smallest absolute Gasteiger partial charge is 0.437 e. The first-order valence-electron chi connectivity index (χ1n) is 7.93. The normalized spacial score (nSPS) is 10.9. The summed E-state index contributed by atoms with van der Waals surface area (Å²) in [5, 5.41) is 7.94. The minimum Gasteiger partial charge on any atom is -0.497 e. The Bertz CT molecular complexity index is 1110. The summed E-state index contributed by atoms with van der Waals surface area (Å²) in [7, 11) is 1.58. The number of ether oxygens (including phenoxy) is 1. The van der Waals surface area contributed by atoms with Crippen LogP contribution in [0.3, 0.4) is 0 Å². The van der Waals surface area contributed by atoms with Gasteiger partial charge in [-0.1, -0.05) is 5.16 Å². The number of methoxy groups -OCH3 is 1. The highest BCUT2D eigenvalue weighted by atomic mass is 19.1. The van der Waals surface area contributed by atoms with E-state index in [-0.39, 0.29) is 18.3 Å². The van der Waals surface area contributed by atoms with E-state index in [4.69, 9.17) is 13.7 Å². The first kappa shape index (κ1) is 16.7. The van der Waals surface area contributed by atoms with Crippen LogP contribution in [0.2, 0.25) is 0 Å². The fourth-order valence-corrected chi connectivity index (χ4v) is 2.42. The lowest BCUT2D eigenvalue weighted by Crippen LogP contribution is -2.17. The van der Waals surface area contributed by atoms with Gasteiger partial charge in [0.05, 0.1) is 7.11 Å². The molecule has 27 heavy (non-hydrogen) atoms. The summed E-state index contributed by atoms with van der Waals surface area (Å²) in [4.78, 5) is 16.2. The zero-order chi connectivity index (χ0) is 18.8. The maximum atomic E-state index is 13.0. The molecule has 0 N–H and O–H groups in total. The molecule has 0 unspecified atom stereocenters. The van der Waals surface area contributed by atoms with Gasteiger partial charge >= 0.3 is 5.76 Å². The number of rotatable bonds is 5. The number of hydrogen-bond donors (Lipinski definition) is 0. The Hall–Kier alpha value is -3.75. The highest BCUT2D eigenvalue weighted by Crippen LogP contribution is 2.21. The molecular formula is C18H13FN4O4. The Kier molecular flexibility index (Phi) is 4.25. The molecule has 0 amide bonds. The van der Waals surface area contributed by atoms with E-state index < -0.39 is 11.6 Å². The number of benzene rings is 2. The average molecular weight is 368 g/mol. The second-order valence-electron chi connectivity index (χ2n) is 5.58. The van der Waals surface area contributed by atoms with Gasteiger partial charge in [-0.05, 0) is 48.5 Å². The summed E-state index contributed by atoms with van der Waals surface area (Å²) < 4.78 is 29.5. The van der Waals surface area contributed by atoms with Gasteiger partial charge in [0, 0.05) is 11.1 Å². The van der Waals surface area contributed by atoms with Crippen molar-refractivity contribution in [2.24, 2.45) is 0 Å². The predicted molar refractivity (Wildman–Crippen MR) is 91.5 cm³/mol. The van der Waals surface area contributed by atoms with Crippen LogP contribution in [0.1, 0.15) is 5.82 Å². The Labute approximate surface area is 151 Å². The molecule has 4 aromatic rings. The number of hydrogen-bond acceptors (Lipinski definition) is 7. The maximum absolute atomic E-state index is 13.0. The molecule has 8 nitrogen and oxygen atoms in total. The standard InChI is InChI=1S/C18H13FN4O4/c1-25-14-8-4-11(5-9-14)16-20-15(22-27-16)10-23-18(24)26-17(21-23)12-2-6-13(19)7-3-12/h2-9H,10H2,1H3. The van der Waals surface area contributed by atoms with Crippen molar-refractivity contribution >= 4 is 0 Å². The second kappa shape index (κ2) is 6.87. The Morgan fingerprint density at radius 1 is 1.04 bits per heavy atom. The number of aromatic nitrogens is 4. The number of nitrogens with zero attached hydrogens (tertiary/aromatic N) is 4. The van der Waals surface area contributed by atoms with Crippen LogP contribution in [-0.2, 0) is 6.54 Å². The van der Waals surface area contributed by atoms with Gasteiger partial charge in [-0.3, -0.25) is 0 Å². The van der Waals surface area contributed by atoms with Crippen LogP contribution in [-0.4, -0.2) is 27.0 Å². The molecule has 0 atom stereocenters. The van der Waals surface area contributed by atoms with Crippen molar-refractivity contribution < 1.29 is 18.1 Å². The topological polar surface area (TPSA) is 96.2 Å². The van der Waals surface area contributed by atoms with E-state index in [1.165, 1.54) is 24.3 Å². The van der Waals surface area contributed by atoms with Crippen LogP contribution in [0.25, 0.3) is 22.9 Å². The minimum atomic E-state index is -0.676. The third kappa shape index (κ3) is 3.47. The highest BCUT2D eigenvalue weighted by molar-refractivity contribution is 5.54. The SMILES string of the molecule is COc1ccc(-c2nc(Cn3nc(-c4ccc(F)cc4)oc3=O)no2)cc1. The van der Waals surface area contributed by atoms with Crippen molar-refractivity contribution in [1.82, 2.24) is 19.9 Å². The zero-order valence-electron chi connectivity index (χ0n) is 14.1. The van der Waals surface area contributed by atoms with Gasteiger partial charge in [0.15, 0.2) is 5.82 Å². The van der Waals surface area contributed by atoms with Crippen LogP contribution in [0, 0.1) is 5.82 Å². The van der Waals surface area contributed by atoms with Crippen LogP contribution < -0.4 is 10.5 Å². The summed E-state index contributed by atoms with van der Waals surface area (Å²) in [6.07, 6.45) is 0. The quantitative estimate of drug-likeness (QED) is 0.534. The van der Waals surface area contributed by atoms with Crippen molar-refractivity contribution in [2.45, 2.75) is 6.54 Å². The fraction of sp³-hybridized carbons (Fsp3) is 0.111. The molecule has 4 rings (SSSR count). The van der Waals surface area contributed by atoms with Gasteiger partial charge in [0.1, 0.15) is 18.1 Å². The molecule has 9 heteroatoms. The van der Waals surface area contributed by atoms with E-state index >= 15 is 0 Å². The van der Waals surface area contributed by atoms with E-state index in [1.54, 1.807) is 31.4 Å². The minimum absolute atomic E-state index is 0.0246. The summed E-state index contributed by atoms with van der Waals surface area (Å²) >= 11 is 0. The molecule has 0 aliphatic heterocycles. The Balaban J connectivity index is 1.55. The molecule has 136 valence electrons. The Morgan fingerprint density at radius 3 is 2.41 bits per heavy atom. The van der Waals surface area contributed by atoms with Crippen molar-refractivity contribution in [1.29, 1.82) is 0 Å². The van der Waals surface area contributed by atoms with Crippen molar-refractivity contribution in [2.75, 3.05) is 7.11 Å². The molecule has 0 spiro atoms. The van der Waals surface area contributed by atoms with Gasteiger partial charge in [-0.25, -0.2) is 9.18 Å². The highest BCUT2D eigenvalue weighted by Gasteiger charge is 2.15. The first-order valence-corrected chi connectivity index (χ1v) is 7.93. The molecule has 0 fully saturated rings. The van der Waals surface area contributed by atoms with E-state index in [0.29, 0.717) is 22.8 Å². The molecule has 2 aromatic carbocycles. The van der Waals surface area contributed by atoms with Gasteiger partial charge in [-0.2, -0.15) is 9.67 Å². The summed E-state index contributed by atoms with van der Waals surface area (Å²) in [5.41, 5.74) is 1.20. The van der Waals surface area contributed by atoms with E-state index in [1.807, 2.05) is 0 Å². The molecule has 0 aliphatic rings. The molecule has 2 aromatic heterocycles. The molecule has 0 radical (unpaired) electrons. The Morgan fingerprint density at radius 2 is 1.70 bits per heavy atom. The lowest BCUT2D eigenvalue weighted by atomic mass is 10.2. The van der Waals surface area contributed by atoms with Crippen LogP contribution in [0.15, 0.2) is 62.3 Å². The molecule has 0 aliphatic carbocycles. The summed E-state index contributed by atoms with van der Waals surface area (Å²) in [5.74, 6) is 0.299. The largest absolute Gasteiger partial charge is 0.497 e. The van der Waals surface area contributed by atoms with Crippen molar-refractivity contribution in [3.8, 4) is 28.7 Å². The molecule has 2 heterocycles. The predicted octanol–water partition coefficient (Wildman–Crippen LogP) is 2.75. The van der Waals surface area contributed by atoms with Crippen molar-refractivity contribution in [3.63, 3.8) is 0 Å². The van der Waals surface area contributed by atoms with Crippen LogP contribution >= 0.6 is 0 Å². The van der Waals surface area contributed by atoms with E-state index in [0.717, 1.165) is 4.68 Å². The zero-order valence-corrected chi connectivity index (χ0v) is 14.1. The fourth-order valence-electron chi connectivity index (χ4n) is 2.42. The van der Waals surface area contributed by atoms with Crippen molar-refractivity contribution in [3.05, 3.63) is 70.7 Å². The summed E-state index contributed by atoms with van der Waals surface area (Å²) in [6.45, 7) is -0.0246. The number of halogens is 1. The summed E-state index contributed by atoms with van der Waals surface area (Å²) in [6, 6.07) is 12.6. The lowest BCUT2D eigenvalue weighted by Gasteiger charge is -1.98. The molecular weight excluding hydrogens is 355 g/mol. The van der Waals surface area contributed by atoms with Crippen LogP contribution in [0.5, 0.6) is 5.75 Å². The molecule has 0 bridgehead atoms. The van der Waals surface area contributed by atoms with Crippen LogP contribution in [0.4, 0.5) is 4.39 Å². The van der Waals surface area contributed by atoms with Gasteiger partial charge in [0.2, 0.25) is 5.89 Å². The third-order valence-electron chi connectivity index (χ3n) is 3.79. The molecule has 0 saturated carbocycles. The monoisotopic (exact) mass is 368 g/mol.